The number of aliphatic hydroxyl groups is 2. The van der Waals surface area contributed by atoms with Crippen molar-refractivity contribution in [1.82, 2.24) is 0 Å². The van der Waals surface area contributed by atoms with E-state index in [1.165, 1.54) is 0 Å². The van der Waals surface area contributed by atoms with Crippen molar-refractivity contribution in [2.45, 2.75) is 32.5 Å². The van der Waals surface area contributed by atoms with Gasteiger partial charge in [-0.2, -0.15) is 0 Å². The Bertz CT molecular complexity index is 343. The molecule has 16 heavy (non-hydrogen) atoms. The van der Waals surface area contributed by atoms with E-state index >= 15 is 0 Å². The summed E-state index contributed by atoms with van der Waals surface area (Å²) in [6, 6.07) is 3.90. The van der Waals surface area contributed by atoms with Crippen molar-refractivity contribution in [3.63, 3.8) is 0 Å². The predicted octanol–water partition coefficient (Wildman–Crippen LogP) is 3.25. The molecule has 0 aliphatic rings. The van der Waals surface area contributed by atoms with Crippen molar-refractivity contribution in [3.8, 4) is 0 Å². The summed E-state index contributed by atoms with van der Waals surface area (Å²) in [5.74, 6) is 0. The molecule has 0 heterocycles. The molecule has 0 fully saturated rings. The van der Waals surface area contributed by atoms with Gasteiger partial charge >= 0.3 is 0 Å². The fraction of sp³-hybridized carbons (Fsp3) is 0.500. The highest BCUT2D eigenvalue weighted by Gasteiger charge is 2.21. The van der Waals surface area contributed by atoms with Crippen molar-refractivity contribution >= 4 is 31.9 Å². The van der Waals surface area contributed by atoms with E-state index in [2.05, 4.69) is 31.9 Å². The topological polar surface area (TPSA) is 40.5 Å². The third kappa shape index (κ3) is 3.29. The van der Waals surface area contributed by atoms with Crippen molar-refractivity contribution < 1.29 is 10.2 Å². The minimum Gasteiger partial charge on any atom is -0.390 e. The lowest BCUT2D eigenvalue weighted by molar-refractivity contribution is 0.0166. The van der Waals surface area contributed by atoms with E-state index < -0.39 is 12.2 Å². The Labute approximate surface area is 113 Å². The van der Waals surface area contributed by atoms with Crippen LogP contribution in [0.5, 0.6) is 0 Å². The van der Waals surface area contributed by atoms with Crippen LogP contribution in [0.2, 0.25) is 0 Å². The third-order valence-corrected chi connectivity index (χ3v) is 3.54. The minimum absolute atomic E-state index is 0.538. The molecule has 2 nitrogen and oxygen atoms in total. The molecule has 0 bridgehead atoms. The molecule has 0 saturated heterocycles. The van der Waals surface area contributed by atoms with E-state index in [9.17, 15) is 10.2 Å². The Kier molecular flexibility index (Phi) is 5.44. The first-order valence-corrected chi connectivity index (χ1v) is 7.07. The first-order chi connectivity index (χ1) is 7.47. The molecule has 1 aromatic rings. The molecular formula is C12H16Br2O2. The SMILES string of the molecule is Cc1cc(Br)cc(C)c1C(O)C(O)CCBr. The van der Waals surface area contributed by atoms with Crippen molar-refractivity contribution in [2.24, 2.45) is 0 Å². The van der Waals surface area contributed by atoms with Gasteiger partial charge in [-0.3, -0.25) is 0 Å². The number of halogens is 2. The minimum atomic E-state index is -0.814. The molecule has 0 saturated carbocycles. The quantitative estimate of drug-likeness (QED) is 0.817. The molecule has 90 valence electrons. The average Bonchev–Trinajstić information content (AvgIpc) is 2.16. The fourth-order valence-electron chi connectivity index (χ4n) is 1.85. The standard InChI is InChI=1S/C12H16Br2O2/c1-7-5-9(14)6-8(2)11(7)12(16)10(15)3-4-13/h5-6,10,12,15-16H,3-4H2,1-2H3. The molecule has 4 heteroatoms. The van der Waals surface area contributed by atoms with Gasteiger partial charge in [-0.1, -0.05) is 31.9 Å². The molecule has 1 rings (SSSR count). The van der Waals surface area contributed by atoms with Gasteiger partial charge in [-0.25, -0.2) is 0 Å². The maximum atomic E-state index is 10.1. The van der Waals surface area contributed by atoms with Crippen LogP contribution in [0.1, 0.15) is 29.2 Å². The highest BCUT2D eigenvalue weighted by atomic mass is 79.9. The van der Waals surface area contributed by atoms with Crippen LogP contribution in [-0.4, -0.2) is 21.6 Å². The van der Waals surface area contributed by atoms with Crippen molar-refractivity contribution in [2.75, 3.05) is 5.33 Å². The zero-order chi connectivity index (χ0) is 12.3. The molecule has 2 N–H and O–H groups in total. The van der Waals surface area contributed by atoms with Crippen LogP contribution in [0.3, 0.4) is 0 Å². The van der Waals surface area contributed by atoms with E-state index in [0.29, 0.717) is 11.8 Å². The summed E-state index contributed by atoms with van der Waals surface area (Å²) in [5.41, 5.74) is 2.82. The Balaban J connectivity index is 3.03. The molecule has 0 aliphatic heterocycles. The van der Waals surface area contributed by atoms with Gasteiger partial charge in [0.1, 0.15) is 6.10 Å². The number of benzene rings is 1. The summed E-state index contributed by atoms with van der Waals surface area (Å²) >= 11 is 6.67. The van der Waals surface area contributed by atoms with Gasteiger partial charge in [-0.15, -0.1) is 0 Å². The fourth-order valence-corrected chi connectivity index (χ4v) is 3.01. The van der Waals surface area contributed by atoms with E-state index in [1.807, 2.05) is 26.0 Å². The average molecular weight is 352 g/mol. The smallest absolute Gasteiger partial charge is 0.105 e. The lowest BCUT2D eigenvalue weighted by atomic mass is 9.94. The molecule has 1 aromatic carbocycles. The van der Waals surface area contributed by atoms with E-state index in [4.69, 9.17) is 0 Å². The zero-order valence-corrected chi connectivity index (χ0v) is 12.5. The molecule has 0 aliphatic carbocycles. The van der Waals surface area contributed by atoms with Crippen LogP contribution >= 0.6 is 31.9 Å². The van der Waals surface area contributed by atoms with Crippen LogP contribution in [-0.2, 0) is 0 Å². The molecule has 0 spiro atoms. The first kappa shape index (κ1) is 14.2. The van der Waals surface area contributed by atoms with Gasteiger partial charge in [-0.05, 0) is 49.1 Å². The normalized spacial score (nSPS) is 14.9. The molecule has 0 amide bonds. The molecule has 2 atom stereocenters. The number of hydrogen-bond acceptors (Lipinski definition) is 2. The lowest BCUT2D eigenvalue weighted by Gasteiger charge is -2.21. The number of aryl methyl sites for hydroxylation is 2. The van der Waals surface area contributed by atoms with Crippen LogP contribution in [0.4, 0.5) is 0 Å². The number of rotatable bonds is 4. The summed E-state index contributed by atoms with van der Waals surface area (Å²) in [5, 5.41) is 20.6. The Morgan fingerprint density at radius 2 is 1.69 bits per heavy atom. The maximum Gasteiger partial charge on any atom is 0.105 e. The zero-order valence-electron chi connectivity index (χ0n) is 9.37. The highest BCUT2D eigenvalue weighted by molar-refractivity contribution is 9.10. The van der Waals surface area contributed by atoms with E-state index in [-0.39, 0.29) is 0 Å². The number of alkyl halides is 1. The van der Waals surface area contributed by atoms with Crippen molar-refractivity contribution in [3.05, 3.63) is 33.3 Å². The lowest BCUT2D eigenvalue weighted by Crippen LogP contribution is -2.20. The Morgan fingerprint density at radius 3 is 2.12 bits per heavy atom. The van der Waals surface area contributed by atoms with Crippen LogP contribution in [0.15, 0.2) is 16.6 Å². The molecule has 0 aromatic heterocycles. The van der Waals surface area contributed by atoms with Gasteiger partial charge in [0.05, 0.1) is 6.10 Å². The summed E-state index contributed by atoms with van der Waals surface area (Å²) in [6.07, 6.45) is -1.00. The third-order valence-electron chi connectivity index (χ3n) is 2.62. The van der Waals surface area contributed by atoms with Gasteiger partial charge in [0, 0.05) is 9.80 Å². The van der Waals surface area contributed by atoms with Gasteiger partial charge in [0.25, 0.3) is 0 Å². The Morgan fingerprint density at radius 1 is 1.19 bits per heavy atom. The predicted molar refractivity (Wildman–Crippen MR) is 73.0 cm³/mol. The summed E-state index contributed by atoms with van der Waals surface area (Å²) < 4.78 is 0.994. The monoisotopic (exact) mass is 350 g/mol. The summed E-state index contributed by atoms with van der Waals surface area (Å²) in [6.45, 7) is 3.88. The first-order valence-electron chi connectivity index (χ1n) is 5.16. The molecule has 0 radical (unpaired) electrons. The maximum absolute atomic E-state index is 10.1. The molecule has 2 unspecified atom stereocenters. The number of aliphatic hydroxyl groups excluding tert-OH is 2. The van der Waals surface area contributed by atoms with Gasteiger partial charge in [0.2, 0.25) is 0 Å². The number of hydrogen-bond donors (Lipinski definition) is 2. The second-order valence-corrected chi connectivity index (χ2v) is 5.65. The highest BCUT2D eigenvalue weighted by Crippen LogP contribution is 2.28. The largest absolute Gasteiger partial charge is 0.390 e. The van der Waals surface area contributed by atoms with Crippen molar-refractivity contribution in [1.29, 1.82) is 0 Å². The van der Waals surface area contributed by atoms with E-state index in [1.54, 1.807) is 0 Å². The molecular weight excluding hydrogens is 336 g/mol. The van der Waals surface area contributed by atoms with Gasteiger partial charge < -0.3 is 10.2 Å². The summed E-state index contributed by atoms with van der Waals surface area (Å²) in [4.78, 5) is 0. The van der Waals surface area contributed by atoms with Crippen LogP contribution in [0.25, 0.3) is 0 Å². The van der Waals surface area contributed by atoms with Gasteiger partial charge in [0.15, 0.2) is 0 Å². The second-order valence-electron chi connectivity index (χ2n) is 3.94. The second kappa shape index (κ2) is 6.15. The van der Waals surface area contributed by atoms with Crippen LogP contribution < -0.4 is 0 Å². The van der Waals surface area contributed by atoms with Crippen LogP contribution in [0, 0.1) is 13.8 Å². The van der Waals surface area contributed by atoms with E-state index in [0.717, 1.165) is 21.2 Å². The Hall–Kier alpha value is 0.100. The summed E-state index contributed by atoms with van der Waals surface area (Å²) in [7, 11) is 0.